The standard InChI is InChI=1S/C17H34N2O2/c1-6-14(4)13-19(8-3)15-10-9-11-17(12-15,18-7-2)16(20)21-5/h14-15,18H,6-13H2,1-5H3. The van der Waals surface area contributed by atoms with Gasteiger partial charge in [0.15, 0.2) is 0 Å². The van der Waals surface area contributed by atoms with Crippen molar-refractivity contribution in [1.82, 2.24) is 10.2 Å². The Balaban J connectivity index is 2.81. The molecule has 124 valence electrons. The average Bonchev–Trinajstić information content (AvgIpc) is 2.51. The van der Waals surface area contributed by atoms with Gasteiger partial charge in [0.1, 0.15) is 5.54 Å². The van der Waals surface area contributed by atoms with Crippen molar-refractivity contribution in [3.63, 3.8) is 0 Å². The second kappa shape index (κ2) is 8.74. The summed E-state index contributed by atoms with van der Waals surface area (Å²) >= 11 is 0. The maximum absolute atomic E-state index is 12.3. The summed E-state index contributed by atoms with van der Waals surface area (Å²) in [4.78, 5) is 14.9. The molecule has 1 N–H and O–H groups in total. The number of hydrogen-bond donors (Lipinski definition) is 1. The first-order valence-corrected chi connectivity index (χ1v) is 8.60. The summed E-state index contributed by atoms with van der Waals surface area (Å²) < 4.78 is 5.09. The molecular formula is C17H34N2O2. The zero-order valence-electron chi connectivity index (χ0n) is 14.6. The second-order valence-electron chi connectivity index (χ2n) is 6.46. The van der Waals surface area contributed by atoms with Crippen LogP contribution in [0.2, 0.25) is 0 Å². The van der Waals surface area contributed by atoms with Gasteiger partial charge in [0.2, 0.25) is 0 Å². The maximum Gasteiger partial charge on any atom is 0.326 e. The van der Waals surface area contributed by atoms with Crippen LogP contribution in [0.1, 0.15) is 59.8 Å². The van der Waals surface area contributed by atoms with Crippen molar-refractivity contribution in [2.24, 2.45) is 5.92 Å². The first kappa shape index (κ1) is 18.4. The lowest BCUT2D eigenvalue weighted by molar-refractivity contribution is -0.151. The third kappa shape index (κ3) is 4.68. The van der Waals surface area contributed by atoms with E-state index in [9.17, 15) is 4.79 Å². The van der Waals surface area contributed by atoms with Crippen LogP contribution in [-0.2, 0) is 9.53 Å². The predicted molar refractivity (Wildman–Crippen MR) is 87.4 cm³/mol. The van der Waals surface area contributed by atoms with E-state index in [0.717, 1.165) is 38.9 Å². The minimum atomic E-state index is -0.477. The van der Waals surface area contributed by atoms with E-state index in [0.29, 0.717) is 12.0 Å². The SMILES string of the molecule is CCNC1(C(=O)OC)CCCC(N(CC)CC(C)CC)C1. The van der Waals surface area contributed by atoms with Gasteiger partial charge in [0.25, 0.3) is 0 Å². The fourth-order valence-electron chi connectivity index (χ4n) is 3.58. The lowest BCUT2D eigenvalue weighted by Gasteiger charge is -2.43. The van der Waals surface area contributed by atoms with Gasteiger partial charge in [-0.2, -0.15) is 0 Å². The van der Waals surface area contributed by atoms with Crippen molar-refractivity contribution in [3.05, 3.63) is 0 Å². The molecule has 3 unspecified atom stereocenters. The summed E-state index contributed by atoms with van der Waals surface area (Å²) in [6, 6.07) is 0.482. The van der Waals surface area contributed by atoms with Crippen LogP contribution in [0.5, 0.6) is 0 Å². The van der Waals surface area contributed by atoms with Gasteiger partial charge in [-0.15, -0.1) is 0 Å². The normalized spacial score (nSPS) is 27.6. The Bertz CT molecular complexity index is 318. The molecule has 4 heteroatoms. The molecule has 0 saturated heterocycles. The predicted octanol–water partition coefficient (Wildman–Crippen LogP) is 2.82. The van der Waals surface area contributed by atoms with E-state index in [4.69, 9.17) is 4.74 Å². The molecule has 0 aromatic carbocycles. The molecule has 0 spiro atoms. The summed E-state index contributed by atoms with van der Waals surface area (Å²) in [6.07, 6.45) is 5.25. The Kier molecular flexibility index (Phi) is 7.67. The van der Waals surface area contributed by atoms with Crippen molar-refractivity contribution in [1.29, 1.82) is 0 Å². The van der Waals surface area contributed by atoms with Crippen molar-refractivity contribution in [2.75, 3.05) is 26.7 Å². The van der Waals surface area contributed by atoms with Crippen LogP contribution >= 0.6 is 0 Å². The van der Waals surface area contributed by atoms with Crippen molar-refractivity contribution in [3.8, 4) is 0 Å². The van der Waals surface area contributed by atoms with Gasteiger partial charge < -0.3 is 15.0 Å². The molecule has 1 saturated carbocycles. The third-order valence-electron chi connectivity index (χ3n) is 4.98. The first-order valence-electron chi connectivity index (χ1n) is 8.60. The molecule has 0 amide bonds. The number of nitrogens with zero attached hydrogens (tertiary/aromatic N) is 1. The van der Waals surface area contributed by atoms with Gasteiger partial charge in [-0.25, -0.2) is 0 Å². The highest BCUT2D eigenvalue weighted by atomic mass is 16.5. The van der Waals surface area contributed by atoms with E-state index in [-0.39, 0.29) is 5.97 Å². The summed E-state index contributed by atoms with van der Waals surface area (Å²) in [5, 5.41) is 3.42. The number of nitrogens with one attached hydrogen (secondary N) is 1. The number of carbonyl (C=O) groups is 1. The molecule has 0 bridgehead atoms. The summed E-state index contributed by atoms with van der Waals surface area (Å²) in [7, 11) is 1.50. The molecular weight excluding hydrogens is 264 g/mol. The minimum Gasteiger partial charge on any atom is -0.468 e. The molecule has 1 fully saturated rings. The quantitative estimate of drug-likeness (QED) is 0.700. The summed E-state index contributed by atoms with van der Waals surface area (Å²) in [5.74, 6) is 0.618. The van der Waals surface area contributed by atoms with Crippen LogP contribution in [-0.4, -0.2) is 49.2 Å². The van der Waals surface area contributed by atoms with Crippen LogP contribution in [0.25, 0.3) is 0 Å². The number of rotatable bonds is 8. The molecule has 0 aromatic heterocycles. The van der Waals surface area contributed by atoms with Gasteiger partial charge in [0.05, 0.1) is 7.11 Å². The molecule has 3 atom stereocenters. The maximum atomic E-state index is 12.3. The van der Waals surface area contributed by atoms with E-state index in [1.54, 1.807) is 0 Å². The molecule has 1 aliphatic carbocycles. The molecule has 0 aliphatic heterocycles. The zero-order valence-corrected chi connectivity index (χ0v) is 14.6. The number of ether oxygens (including phenoxy) is 1. The number of methoxy groups -OCH3 is 1. The molecule has 0 heterocycles. The molecule has 1 rings (SSSR count). The van der Waals surface area contributed by atoms with Gasteiger partial charge >= 0.3 is 5.97 Å². The number of likely N-dealkylation sites (N-methyl/N-ethyl adjacent to an activating group) is 1. The topological polar surface area (TPSA) is 41.6 Å². The smallest absolute Gasteiger partial charge is 0.326 e. The van der Waals surface area contributed by atoms with Gasteiger partial charge in [-0.3, -0.25) is 4.79 Å². The number of esters is 1. The Morgan fingerprint density at radius 1 is 1.43 bits per heavy atom. The van der Waals surface area contributed by atoms with E-state index in [1.165, 1.54) is 20.0 Å². The molecule has 0 radical (unpaired) electrons. The Hall–Kier alpha value is -0.610. The van der Waals surface area contributed by atoms with Crippen LogP contribution < -0.4 is 5.32 Å². The molecule has 21 heavy (non-hydrogen) atoms. The molecule has 4 nitrogen and oxygen atoms in total. The molecule has 0 aromatic rings. The van der Waals surface area contributed by atoms with Crippen molar-refractivity contribution < 1.29 is 9.53 Å². The average molecular weight is 298 g/mol. The van der Waals surface area contributed by atoms with Crippen molar-refractivity contribution in [2.45, 2.75) is 71.4 Å². The number of carbonyl (C=O) groups excluding carboxylic acids is 1. The van der Waals surface area contributed by atoms with Crippen LogP contribution in [0.15, 0.2) is 0 Å². The number of hydrogen-bond acceptors (Lipinski definition) is 4. The zero-order chi connectivity index (χ0) is 15.9. The van der Waals surface area contributed by atoms with E-state index in [1.807, 2.05) is 0 Å². The van der Waals surface area contributed by atoms with Crippen LogP contribution in [0.3, 0.4) is 0 Å². The Morgan fingerprint density at radius 3 is 2.67 bits per heavy atom. The highest BCUT2D eigenvalue weighted by molar-refractivity contribution is 5.81. The lowest BCUT2D eigenvalue weighted by atomic mass is 9.78. The summed E-state index contributed by atoms with van der Waals surface area (Å²) in [6.45, 7) is 11.8. The van der Waals surface area contributed by atoms with Crippen LogP contribution in [0.4, 0.5) is 0 Å². The van der Waals surface area contributed by atoms with E-state index >= 15 is 0 Å². The third-order valence-corrected chi connectivity index (χ3v) is 4.98. The highest BCUT2D eigenvalue weighted by Crippen LogP contribution is 2.32. The summed E-state index contributed by atoms with van der Waals surface area (Å²) in [5.41, 5.74) is -0.477. The fourth-order valence-corrected chi connectivity index (χ4v) is 3.58. The fraction of sp³-hybridized carbons (Fsp3) is 0.941. The van der Waals surface area contributed by atoms with E-state index < -0.39 is 5.54 Å². The monoisotopic (exact) mass is 298 g/mol. The van der Waals surface area contributed by atoms with E-state index in [2.05, 4.69) is 37.9 Å². The lowest BCUT2D eigenvalue weighted by Crippen LogP contribution is -2.59. The minimum absolute atomic E-state index is 0.0892. The Morgan fingerprint density at radius 2 is 2.14 bits per heavy atom. The van der Waals surface area contributed by atoms with Gasteiger partial charge in [0, 0.05) is 12.6 Å². The van der Waals surface area contributed by atoms with Crippen LogP contribution in [0, 0.1) is 5.92 Å². The Labute approximate surface area is 130 Å². The van der Waals surface area contributed by atoms with Crippen molar-refractivity contribution >= 4 is 5.97 Å². The first-order chi connectivity index (χ1) is 10.0. The highest BCUT2D eigenvalue weighted by Gasteiger charge is 2.44. The largest absolute Gasteiger partial charge is 0.468 e. The molecule has 1 aliphatic rings. The second-order valence-corrected chi connectivity index (χ2v) is 6.46. The van der Waals surface area contributed by atoms with Gasteiger partial charge in [-0.05, 0) is 44.7 Å². The van der Waals surface area contributed by atoms with Gasteiger partial charge in [-0.1, -0.05) is 34.1 Å².